The Morgan fingerprint density at radius 2 is 2.20 bits per heavy atom. The topological polar surface area (TPSA) is 50.2 Å². The summed E-state index contributed by atoms with van der Waals surface area (Å²) < 4.78 is 1.90. The fourth-order valence-corrected chi connectivity index (χ4v) is 2.45. The van der Waals surface area contributed by atoms with Crippen LogP contribution in [0.2, 0.25) is 0 Å². The third-order valence-corrected chi connectivity index (χ3v) is 3.76. The summed E-state index contributed by atoms with van der Waals surface area (Å²) in [6, 6.07) is 0. The molecule has 0 atom stereocenters. The molecule has 0 radical (unpaired) electrons. The second kappa shape index (κ2) is 6.17. The Bertz CT molecular complexity index is 562. The molecule has 0 aromatic carbocycles. The van der Waals surface area contributed by atoms with Crippen LogP contribution in [0.5, 0.6) is 0 Å². The van der Waals surface area contributed by atoms with Crippen molar-refractivity contribution in [2.75, 3.05) is 6.54 Å². The van der Waals surface area contributed by atoms with E-state index in [4.69, 9.17) is 12.2 Å². The maximum Gasteiger partial charge on any atom is 0.276 e. The van der Waals surface area contributed by atoms with Gasteiger partial charge < -0.3 is 5.32 Å². The maximum absolute atomic E-state index is 12.3. The van der Waals surface area contributed by atoms with E-state index in [-0.39, 0.29) is 5.91 Å². The van der Waals surface area contributed by atoms with Crippen molar-refractivity contribution >= 4 is 29.3 Å². The zero-order valence-corrected chi connectivity index (χ0v) is 13.0. The number of carbonyl (C=O) groups excluding carboxylic acids is 1. The van der Waals surface area contributed by atoms with Crippen LogP contribution in [-0.4, -0.2) is 32.2 Å². The molecule has 1 aromatic rings. The molecule has 0 unspecified atom stereocenters. The molecule has 0 bridgehead atoms. The van der Waals surface area contributed by atoms with Gasteiger partial charge in [-0.1, -0.05) is 13.3 Å². The molecule has 0 aliphatic carbocycles. The smallest absolute Gasteiger partial charge is 0.276 e. The lowest BCUT2D eigenvalue weighted by Gasteiger charge is -2.12. The number of nitrogens with one attached hydrogen (secondary N) is 1. The van der Waals surface area contributed by atoms with Gasteiger partial charge in [0.05, 0.1) is 6.20 Å². The summed E-state index contributed by atoms with van der Waals surface area (Å²) >= 11 is 5.22. The average Bonchev–Trinajstić information content (AvgIpc) is 2.90. The molecule has 1 fully saturated rings. The molecule has 2 heterocycles. The minimum atomic E-state index is -0.0490. The lowest BCUT2D eigenvalue weighted by Crippen LogP contribution is -2.31. The van der Waals surface area contributed by atoms with E-state index in [9.17, 15) is 4.79 Å². The Morgan fingerprint density at radius 3 is 2.80 bits per heavy atom. The number of unbranched alkanes of at least 4 members (excludes halogenated alkanes) is 1. The number of aryl methyl sites for hydroxylation is 1. The van der Waals surface area contributed by atoms with Crippen LogP contribution < -0.4 is 5.32 Å². The van der Waals surface area contributed by atoms with Gasteiger partial charge in [0.25, 0.3) is 5.91 Å². The molecule has 0 spiro atoms. The average molecular weight is 292 g/mol. The van der Waals surface area contributed by atoms with Crippen LogP contribution >= 0.6 is 12.2 Å². The van der Waals surface area contributed by atoms with Crippen LogP contribution in [0.1, 0.15) is 37.9 Å². The standard InChI is InChI=1S/C14H20N4OS/c1-4-6-7-17-13(19)12(16-14(17)20)8-11-9-15-18(5-2)10(11)3/h8-9H,4-7H2,1-3H3,(H,16,20). The fraction of sp³-hybridized carbons (Fsp3) is 0.500. The summed E-state index contributed by atoms with van der Waals surface area (Å²) in [4.78, 5) is 13.9. The van der Waals surface area contributed by atoms with E-state index in [0.29, 0.717) is 17.4 Å². The van der Waals surface area contributed by atoms with Crippen molar-refractivity contribution in [2.24, 2.45) is 0 Å². The van der Waals surface area contributed by atoms with Crippen molar-refractivity contribution in [1.29, 1.82) is 0 Å². The van der Waals surface area contributed by atoms with E-state index in [1.54, 1.807) is 11.1 Å². The lowest BCUT2D eigenvalue weighted by molar-refractivity contribution is -0.122. The van der Waals surface area contributed by atoms with Gasteiger partial charge in [0.2, 0.25) is 0 Å². The molecular formula is C14H20N4OS. The van der Waals surface area contributed by atoms with Gasteiger partial charge >= 0.3 is 0 Å². The summed E-state index contributed by atoms with van der Waals surface area (Å²) in [6.07, 6.45) is 5.59. The monoisotopic (exact) mass is 292 g/mol. The number of hydrogen-bond donors (Lipinski definition) is 1. The molecule has 1 N–H and O–H groups in total. The molecule has 0 saturated carbocycles. The van der Waals surface area contributed by atoms with Crippen LogP contribution in [0.25, 0.3) is 6.08 Å². The van der Waals surface area contributed by atoms with Gasteiger partial charge in [0.15, 0.2) is 5.11 Å². The number of amides is 1. The summed E-state index contributed by atoms with van der Waals surface area (Å²) in [5.41, 5.74) is 2.53. The first-order valence-electron chi connectivity index (χ1n) is 6.95. The summed E-state index contributed by atoms with van der Waals surface area (Å²) in [7, 11) is 0. The zero-order chi connectivity index (χ0) is 14.7. The van der Waals surface area contributed by atoms with Gasteiger partial charge in [0, 0.05) is 24.3 Å². The van der Waals surface area contributed by atoms with E-state index in [0.717, 1.165) is 30.6 Å². The minimum Gasteiger partial charge on any atom is -0.328 e. The van der Waals surface area contributed by atoms with Crippen LogP contribution in [0, 0.1) is 6.92 Å². The number of aromatic nitrogens is 2. The molecule has 1 saturated heterocycles. The van der Waals surface area contributed by atoms with Gasteiger partial charge in [-0.3, -0.25) is 14.4 Å². The van der Waals surface area contributed by atoms with Crippen LogP contribution in [-0.2, 0) is 11.3 Å². The SMILES string of the molecule is CCCCN1C(=O)C(=Cc2cnn(CC)c2C)NC1=S. The van der Waals surface area contributed by atoms with Gasteiger partial charge in [-0.25, -0.2) is 0 Å². The molecule has 20 heavy (non-hydrogen) atoms. The fourth-order valence-electron chi connectivity index (χ4n) is 2.17. The highest BCUT2D eigenvalue weighted by molar-refractivity contribution is 7.80. The van der Waals surface area contributed by atoms with Crippen molar-refractivity contribution in [3.63, 3.8) is 0 Å². The Labute approximate surface area is 124 Å². The molecule has 6 heteroatoms. The van der Waals surface area contributed by atoms with Gasteiger partial charge in [-0.15, -0.1) is 0 Å². The number of carbonyl (C=O) groups is 1. The first kappa shape index (κ1) is 14.7. The third-order valence-electron chi connectivity index (χ3n) is 3.44. The molecule has 2 rings (SSSR count). The summed E-state index contributed by atoms with van der Waals surface area (Å²) in [6.45, 7) is 7.62. The minimum absolute atomic E-state index is 0.0490. The number of thiocarbonyl (C=S) groups is 1. The highest BCUT2D eigenvalue weighted by Crippen LogP contribution is 2.17. The second-order valence-corrected chi connectivity index (χ2v) is 5.19. The van der Waals surface area contributed by atoms with Crippen molar-refractivity contribution in [3.8, 4) is 0 Å². The Morgan fingerprint density at radius 1 is 1.45 bits per heavy atom. The molecule has 5 nitrogen and oxygen atoms in total. The van der Waals surface area contributed by atoms with Gasteiger partial charge in [-0.05, 0) is 38.6 Å². The molecule has 1 aromatic heterocycles. The predicted molar refractivity (Wildman–Crippen MR) is 83.0 cm³/mol. The van der Waals surface area contributed by atoms with Crippen LogP contribution in [0.4, 0.5) is 0 Å². The number of rotatable bonds is 5. The predicted octanol–water partition coefficient (Wildman–Crippen LogP) is 2.07. The molecule has 1 aliphatic heterocycles. The van der Waals surface area contributed by atoms with Crippen molar-refractivity contribution < 1.29 is 4.79 Å². The molecular weight excluding hydrogens is 272 g/mol. The largest absolute Gasteiger partial charge is 0.328 e. The van der Waals surface area contributed by atoms with E-state index in [2.05, 4.69) is 17.3 Å². The second-order valence-electron chi connectivity index (χ2n) is 4.80. The molecule has 1 amide bonds. The first-order chi connectivity index (χ1) is 9.58. The van der Waals surface area contributed by atoms with E-state index in [1.165, 1.54) is 0 Å². The normalized spacial score (nSPS) is 17.1. The van der Waals surface area contributed by atoms with Crippen molar-refractivity contribution in [3.05, 3.63) is 23.2 Å². The van der Waals surface area contributed by atoms with Crippen molar-refractivity contribution in [1.82, 2.24) is 20.0 Å². The third kappa shape index (κ3) is 2.75. The molecule has 108 valence electrons. The van der Waals surface area contributed by atoms with Crippen LogP contribution in [0.3, 0.4) is 0 Å². The Kier molecular flexibility index (Phi) is 4.54. The number of nitrogens with zero attached hydrogens (tertiary/aromatic N) is 3. The highest BCUT2D eigenvalue weighted by atomic mass is 32.1. The highest BCUT2D eigenvalue weighted by Gasteiger charge is 2.30. The number of hydrogen-bond acceptors (Lipinski definition) is 3. The zero-order valence-electron chi connectivity index (χ0n) is 12.1. The van der Waals surface area contributed by atoms with E-state index < -0.39 is 0 Å². The first-order valence-corrected chi connectivity index (χ1v) is 7.36. The van der Waals surface area contributed by atoms with Gasteiger partial charge in [-0.2, -0.15) is 5.10 Å². The summed E-state index contributed by atoms with van der Waals surface area (Å²) in [5, 5.41) is 7.77. The van der Waals surface area contributed by atoms with Gasteiger partial charge in [0.1, 0.15) is 5.70 Å². The van der Waals surface area contributed by atoms with E-state index in [1.807, 2.05) is 24.6 Å². The summed E-state index contributed by atoms with van der Waals surface area (Å²) in [5.74, 6) is -0.0490. The lowest BCUT2D eigenvalue weighted by atomic mass is 10.2. The Balaban J connectivity index is 2.21. The van der Waals surface area contributed by atoms with Crippen molar-refractivity contribution in [2.45, 2.75) is 40.2 Å². The van der Waals surface area contributed by atoms with Crippen LogP contribution in [0.15, 0.2) is 11.9 Å². The quantitative estimate of drug-likeness (QED) is 0.667. The maximum atomic E-state index is 12.3. The van der Waals surface area contributed by atoms with E-state index >= 15 is 0 Å². The molecule has 1 aliphatic rings. The Hall–Kier alpha value is -1.69.